The summed E-state index contributed by atoms with van der Waals surface area (Å²) < 4.78 is 5.78. The first-order valence-electron chi connectivity index (χ1n) is 10.8. The fraction of sp³-hybridized carbons (Fsp3) is 0.280. The van der Waals surface area contributed by atoms with Crippen molar-refractivity contribution in [2.75, 3.05) is 36.4 Å². The molecule has 3 aromatic rings. The molecule has 8 heteroatoms. The van der Waals surface area contributed by atoms with Crippen LogP contribution in [0.5, 0.6) is 0 Å². The highest BCUT2D eigenvalue weighted by Gasteiger charge is 2.26. The van der Waals surface area contributed by atoms with Crippen molar-refractivity contribution < 1.29 is 14.0 Å². The standard InChI is InChI=1S/C25H25Cl2N3O3/c1-16(2)25(32)30-14-12-29(13-15-30)23-19(27)8-5-9-20(23)28-24(31)22-11-10-21(33-22)17-6-3-4-7-18(17)26/h3-11,16H,12-15H2,1-2H3,(H,28,31). The molecule has 0 spiro atoms. The van der Waals surface area contributed by atoms with Crippen LogP contribution in [0.25, 0.3) is 11.3 Å². The second kappa shape index (κ2) is 9.89. The molecule has 1 aliphatic heterocycles. The third-order valence-corrected chi connectivity index (χ3v) is 6.24. The van der Waals surface area contributed by atoms with Crippen molar-refractivity contribution in [3.05, 3.63) is 70.4 Å². The number of benzene rings is 2. The number of furan rings is 1. The molecule has 0 unspecified atom stereocenters. The predicted octanol–water partition coefficient (Wildman–Crippen LogP) is 5.81. The zero-order chi connectivity index (χ0) is 23.5. The first kappa shape index (κ1) is 23.2. The molecule has 2 aromatic carbocycles. The maximum Gasteiger partial charge on any atom is 0.291 e. The van der Waals surface area contributed by atoms with Gasteiger partial charge in [0.15, 0.2) is 5.76 Å². The SMILES string of the molecule is CC(C)C(=O)N1CCN(c2c(Cl)cccc2NC(=O)c2ccc(-c3ccccc3Cl)o2)CC1. The van der Waals surface area contributed by atoms with Crippen LogP contribution in [0, 0.1) is 5.92 Å². The molecule has 1 fully saturated rings. The van der Waals surface area contributed by atoms with Gasteiger partial charge in [-0.2, -0.15) is 0 Å². The van der Waals surface area contributed by atoms with Gasteiger partial charge in [0.05, 0.1) is 21.4 Å². The summed E-state index contributed by atoms with van der Waals surface area (Å²) >= 11 is 12.8. The van der Waals surface area contributed by atoms with Gasteiger partial charge in [-0.05, 0) is 36.4 Å². The zero-order valence-corrected chi connectivity index (χ0v) is 20.0. The average Bonchev–Trinajstić information content (AvgIpc) is 3.29. The van der Waals surface area contributed by atoms with Crippen LogP contribution in [0.4, 0.5) is 11.4 Å². The minimum absolute atomic E-state index is 0.0318. The molecule has 0 radical (unpaired) electrons. The van der Waals surface area contributed by atoms with E-state index in [1.54, 1.807) is 30.3 Å². The van der Waals surface area contributed by atoms with Crippen molar-refractivity contribution in [1.29, 1.82) is 0 Å². The maximum absolute atomic E-state index is 13.0. The largest absolute Gasteiger partial charge is 0.451 e. The number of carbonyl (C=O) groups excluding carboxylic acids is 2. The van der Waals surface area contributed by atoms with Crippen LogP contribution in [-0.4, -0.2) is 42.9 Å². The number of nitrogens with one attached hydrogen (secondary N) is 1. The molecule has 0 bridgehead atoms. The smallest absolute Gasteiger partial charge is 0.291 e. The number of hydrogen-bond donors (Lipinski definition) is 1. The van der Waals surface area contributed by atoms with E-state index in [9.17, 15) is 9.59 Å². The molecular formula is C25H25Cl2N3O3. The third kappa shape index (κ3) is 5.02. The van der Waals surface area contributed by atoms with Crippen molar-refractivity contribution >= 4 is 46.4 Å². The van der Waals surface area contributed by atoms with Crippen LogP contribution in [0.2, 0.25) is 10.0 Å². The highest BCUT2D eigenvalue weighted by atomic mass is 35.5. The van der Waals surface area contributed by atoms with E-state index >= 15 is 0 Å². The summed E-state index contributed by atoms with van der Waals surface area (Å²) in [6.45, 7) is 6.28. The highest BCUT2D eigenvalue weighted by molar-refractivity contribution is 6.34. The number of hydrogen-bond acceptors (Lipinski definition) is 4. The molecule has 1 N–H and O–H groups in total. The van der Waals surface area contributed by atoms with Crippen molar-refractivity contribution in [2.45, 2.75) is 13.8 Å². The lowest BCUT2D eigenvalue weighted by Gasteiger charge is -2.38. The lowest BCUT2D eigenvalue weighted by molar-refractivity contribution is -0.134. The Morgan fingerprint density at radius 3 is 2.30 bits per heavy atom. The van der Waals surface area contributed by atoms with Gasteiger partial charge in [0, 0.05) is 37.7 Å². The summed E-state index contributed by atoms with van der Waals surface area (Å²) in [5.74, 6) is 0.418. The number of nitrogens with zero attached hydrogens (tertiary/aromatic N) is 2. The Morgan fingerprint density at radius 1 is 0.909 bits per heavy atom. The molecule has 1 aromatic heterocycles. The number of carbonyl (C=O) groups is 2. The van der Waals surface area contributed by atoms with Gasteiger partial charge in [0.25, 0.3) is 5.91 Å². The number of halogens is 2. The van der Waals surface area contributed by atoms with Gasteiger partial charge in [0.2, 0.25) is 5.91 Å². The Balaban J connectivity index is 1.51. The normalized spacial score (nSPS) is 14.0. The summed E-state index contributed by atoms with van der Waals surface area (Å²) in [6, 6.07) is 16.0. The molecule has 4 rings (SSSR count). The van der Waals surface area contributed by atoms with Crippen LogP contribution in [0.15, 0.2) is 59.0 Å². The van der Waals surface area contributed by atoms with Crippen LogP contribution in [-0.2, 0) is 4.79 Å². The number of amides is 2. The molecule has 0 saturated carbocycles. The Bertz CT molecular complexity index is 1170. The first-order valence-corrected chi connectivity index (χ1v) is 11.6. The summed E-state index contributed by atoms with van der Waals surface area (Å²) in [6.07, 6.45) is 0. The second-order valence-corrected chi connectivity index (χ2v) is 9.02. The van der Waals surface area contributed by atoms with Crippen LogP contribution >= 0.6 is 23.2 Å². The first-order chi connectivity index (χ1) is 15.8. The Hall–Kier alpha value is -2.96. The van der Waals surface area contributed by atoms with Crippen molar-refractivity contribution in [3.8, 4) is 11.3 Å². The molecule has 1 saturated heterocycles. The lowest BCUT2D eigenvalue weighted by atomic mass is 10.1. The summed E-state index contributed by atoms with van der Waals surface area (Å²) in [5, 5.41) is 4.01. The van der Waals surface area contributed by atoms with E-state index in [1.807, 2.05) is 43.0 Å². The second-order valence-electron chi connectivity index (χ2n) is 8.20. The van der Waals surface area contributed by atoms with Gasteiger partial charge in [-0.25, -0.2) is 0 Å². The average molecular weight is 486 g/mol. The number of anilines is 2. The molecule has 6 nitrogen and oxygen atoms in total. The minimum Gasteiger partial charge on any atom is -0.451 e. The van der Waals surface area contributed by atoms with E-state index in [0.29, 0.717) is 47.7 Å². The van der Waals surface area contributed by atoms with E-state index in [4.69, 9.17) is 27.6 Å². The predicted molar refractivity (Wildman–Crippen MR) is 132 cm³/mol. The van der Waals surface area contributed by atoms with Gasteiger partial charge < -0.3 is 19.5 Å². The Labute approximate surface area is 203 Å². The monoisotopic (exact) mass is 485 g/mol. The number of piperazine rings is 1. The van der Waals surface area contributed by atoms with E-state index in [0.717, 1.165) is 11.3 Å². The third-order valence-electron chi connectivity index (χ3n) is 5.61. The van der Waals surface area contributed by atoms with E-state index in [-0.39, 0.29) is 23.5 Å². The lowest BCUT2D eigenvalue weighted by Crippen LogP contribution is -2.50. The minimum atomic E-state index is -0.384. The molecule has 2 amide bonds. The highest BCUT2D eigenvalue weighted by Crippen LogP contribution is 2.35. The molecule has 0 atom stereocenters. The van der Waals surface area contributed by atoms with Gasteiger partial charge in [-0.15, -0.1) is 0 Å². The van der Waals surface area contributed by atoms with Gasteiger partial charge >= 0.3 is 0 Å². The van der Waals surface area contributed by atoms with E-state index in [2.05, 4.69) is 10.2 Å². The van der Waals surface area contributed by atoms with E-state index in [1.165, 1.54) is 0 Å². The molecular weight excluding hydrogens is 461 g/mol. The van der Waals surface area contributed by atoms with Gasteiger partial charge in [0.1, 0.15) is 5.76 Å². The maximum atomic E-state index is 13.0. The summed E-state index contributed by atoms with van der Waals surface area (Å²) in [5.41, 5.74) is 2.05. The topological polar surface area (TPSA) is 65.8 Å². The molecule has 0 aliphatic carbocycles. The quantitative estimate of drug-likeness (QED) is 0.494. The molecule has 1 aliphatic rings. The van der Waals surface area contributed by atoms with Crippen LogP contribution < -0.4 is 10.2 Å². The van der Waals surface area contributed by atoms with Crippen molar-refractivity contribution in [3.63, 3.8) is 0 Å². The summed E-state index contributed by atoms with van der Waals surface area (Å²) in [4.78, 5) is 29.2. The zero-order valence-electron chi connectivity index (χ0n) is 18.5. The molecule has 172 valence electrons. The summed E-state index contributed by atoms with van der Waals surface area (Å²) in [7, 11) is 0. The Morgan fingerprint density at radius 2 is 1.61 bits per heavy atom. The van der Waals surface area contributed by atoms with Crippen molar-refractivity contribution in [1.82, 2.24) is 4.90 Å². The van der Waals surface area contributed by atoms with Gasteiger partial charge in [-0.1, -0.05) is 55.2 Å². The van der Waals surface area contributed by atoms with Gasteiger partial charge in [-0.3, -0.25) is 9.59 Å². The van der Waals surface area contributed by atoms with Crippen LogP contribution in [0.3, 0.4) is 0 Å². The fourth-order valence-corrected chi connectivity index (χ4v) is 4.43. The Kier molecular flexibility index (Phi) is 6.96. The van der Waals surface area contributed by atoms with Crippen molar-refractivity contribution in [2.24, 2.45) is 5.92 Å². The molecule has 33 heavy (non-hydrogen) atoms. The number of rotatable bonds is 5. The fourth-order valence-electron chi connectivity index (χ4n) is 3.90. The number of para-hydroxylation sites is 1. The molecule has 2 heterocycles. The van der Waals surface area contributed by atoms with E-state index < -0.39 is 0 Å². The van der Waals surface area contributed by atoms with Crippen LogP contribution in [0.1, 0.15) is 24.4 Å².